The highest BCUT2D eigenvalue weighted by atomic mass is 16.5. The zero-order valence-corrected chi connectivity index (χ0v) is 10.1. The standard InChI is InChI=1S/C13H22N2O/c1-16-12-7-5-11(6-8-12)15-13-4-2-3-10(13)9-14/h10-13,15H,2-8H2,1H3. The molecule has 0 aromatic heterocycles. The van der Waals surface area contributed by atoms with Gasteiger partial charge in [-0.05, 0) is 38.5 Å². The van der Waals surface area contributed by atoms with Crippen molar-refractivity contribution in [2.75, 3.05) is 7.11 Å². The molecular formula is C13H22N2O. The van der Waals surface area contributed by atoms with E-state index in [1.54, 1.807) is 7.11 Å². The Morgan fingerprint density at radius 2 is 1.88 bits per heavy atom. The van der Waals surface area contributed by atoms with Crippen LogP contribution in [-0.4, -0.2) is 25.3 Å². The van der Waals surface area contributed by atoms with E-state index in [1.165, 1.54) is 25.7 Å². The van der Waals surface area contributed by atoms with E-state index in [2.05, 4.69) is 11.4 Å². The molecule has 0 radical (unpaired) electrons. The van der Waals surface area contributed by atoms with Crippen molar-refractivity contribution >= 4 is 0 Å². The van der Waals surface area contributed by atoms with Crippen LogP contribution in [0, 0.1) is 17.2 Å². The van der Waals surface area contributed by atoms with Crippen LogP contribution in [0.2, 0.25) is 0 Å². The van der Waals surface area contributed by atoms with Crippen molar-refractivity contribution in [3.05, 3.63) is 0 Å². The first kappa shape index (κ1) is 11.9. The molecule has 2 saturated carbocycles. The molecule has 2 atom stereocenters. The van der Waals surface area contributed by atoms with E-state index in [4.69, 9.17) is 10.00 Å². The van der Waals surface area contributed by atoms with E-state index in [1.807, 2.05) is 0 Å². The van der Waals surface area contributed by atoms with Crippen LogP contribution in [0.3, 0.4) is 0 Å². The molecule has 2 aliphatic rings. The zero-order valence-electron chi connectivity index (χ0n) is 10.1. The van der Waals surface area contributed by atoms with Crippen molar-refractivity contribution in [3.63, 3.8) is 0 Å². The maximum atomic E-state index is 9.04. The van der Waals surface area contributed by atoms with Gasteiger partial charge in [-0.15, -0.1) is 0 Å². The third-order valence-electron chi connectivity index (χ3n) is 4.14. The van der Waals surface area contributed by atoms with Crippen molar-refractivity contribution in [3.8, 4) is 6.07 Å². The highest BCUT2D eigenvalue weighted by molar-refractivity contribution is 4.97. The lowest BCUT2D eigenvalue weighted by Crippen LogP contribution is -2.42. The lowest BCUT2D eigenvalue weighted by Gasteiger charge is -2.31. The molecular weight excluding hydrogens is 200 g/mol. The van der Waals surface area contributed by atoms with Crippen LogP contribution in [0.25, 0.3) is 0 Å². The second-order valence-electron chi connectivity index (χ2n) is 5.15. The van der Waals surface area contributed by atoms with E-state index >= 15 is 0 Å². The molecule has 3 nitrogen and oxygen atoms in total. The summed E-state index contributed by atoms with van der Waals surface area (Å²) in [5.74, 6) is 0.250. The number of ether oxygens (including phenoxy) is 1. The molecule has 0 spiro atoms. The van der Waals surface area contributed by atoms with Gasteiger partial charge in [-0.2, -0.15) is 5.26 Å². The summed E-state index contributed by atoms with van der Waals surface area (Å²) in [6.07, 6.45) is 8.68. The second kappa shape index (κ2) is 5.65. The van der Waals surface area contributed by atoms with Crippen molar-refractivity contribution < 1.29 is 4.74 Å². The van der Waals surface area contributed by atoms with Crippen LogP contribution in [0.5, 0.6) is 0 Å². The van der Waals surface area contributed by atoms with E-state index in [0.717, 1.165) is 19.3 Å². The number of hydrogen-bond acceptors (Lipinski definition) is 3. The molecule has 0 heterocycles. The molecule has 3 heteroatoms. The van der Waals surface area contributed by atoms with Crippen LogP contribution in [0.15, 0.2) is 0 Å². The summed E-state index contributed by atoms with van der Waals surface area (Å²) in [6.45, 7) is 0. The average Bonchev–Trinajstić information content (AvgIpc) is 2.77. The predicted molar refractivity (Wildman–Crippen MR) is 62.9 cm³/mol. The Morgan fingerprint density at radius 1 is 1.12 bits per heavy atom. The van der Waals surface area contributed by atoms with Crippen molar-refractivity contribution in [1.82, 2.24) is 5.32 Å². The van der Waals surface area contributed by atoms with E-state index < -0.39 is 0 Å². The zero-order chi connectivity index (χ0) is 11.4. The summed E-state index contributed by atoms with van der Waals surface area (Å²) in [5.41, 5.74) is 0. The minimum atomic E-state index is 0.250. The van der Waals surface area contributed by atoms with Crippen LogP contribution < -0.4 is 5.32 Å². The van der Waals surface area contributed by atoms with Gasteiger partial charge < -0.3 is 10.1 Å². The van der Waals surface area contributed by atoms with Crippen molar-refractivity contribution in [2.45, 2.75) is 63.1 Å². The van der Waals surface area contributed by atoms with Gasteiger partial charge in [0.25, 0.3) is 0 Å². The minimum Gasteiger partial charge on any atom is -0.381 e. The van der Waals surface area contributed by atoms with Gasteiger partial charge in [0, 0.05) is 19.2 Å². The Hall–Kier alpha value is -0.590. The molecule has 90 valence electrons. The van der Waals surface area contributed by atoms with Crippen LogP contribution in [0.1, 0.15) is 44.9 Å². The fraction of sp³-hybridized carbons (Fsp3) is 0.923. The van der Waals surface area contributed by atoms with E-state index in [-0.39, 0.29) is 5.92 Å². The quantitative estimate of drug-likeness (QED) is 0.796. The van der Waals surface area contributed by atoms with Crippen LogP contribution in [0.4, 0.5) is 0 Å². The van der Waals surface area contributed by atoms with Gasteiger partial charge in [-0.25, -0.2) is 0 Å². The van der Waals surface area contributed by atoms with Crippen LogP contribution in [-0.2, 0) is 4.74 Å². The predicted octanol–water partition coefficient (Wildman–Crippen LogP) is 2.23. The minimum absolute atomic E-state index is 0.250. The Morgan fingerprint density at radius 3 is 2.50 bits per heavy atom. The second-order valence-corrected chi connectivity index (χ2v) is 5.15. The molecule has 2 rings (SSSR count). The van der Waals surface area contributed by atoms with Gasteiger partial charge in [0.1, 0.15) is 0 Å². The summed E-state index contributed by atoms with van der Waals surface area (Å²) >= 11 is 0. The molecule has 0 aliphatic heterocycles. The summed E-state index contributed by atoms with van der Waals surface area (Å²) in [5, 5.41) is 12.7. The fourth-order valence-corrected chi connectivity index (χ4v) is 3.08. The van der Waals surface area contributed by atoms with Gasteiger partial charge in [0.2, 0.25) is 0 Å². The molecule has 0 aromatic rings. The third-order valence-corrected chi connectivity index (χ3v) is 4.14. The smallest absolute Gasteiger partial charge is 0.0672 e. The SMILES string of the molecule is COC1CCC(NC2CCCC2C#N)CC1. The third kappa shape index (κ3) is 2.75. The monoisotopic (exact) mass is 222 g/mol. The summed E-state index contributed by atoms with van der Waals surface area (Å²) in [6, 6.07) is 3.51. The first-order valence-corrected chi connectivity index (χ1v) is 6.52. The molecule has 2 fully saturated rings. The van der Waals surface area contributed by atoms with Crippen LogP contribution >= 0.6 is 0 Å². The number of hydrogen-bond donors (Lipinski definition) is 1. The number of nitrogens with zero attached hydrogens (tertiary/aromatic N) is 1. The van der Waals surface area contributed by atoms with Crippen molar-refractivity contribution in [2.24, 2.45) is 5.92 Å². The van der Waals surface area contributed by atoms with Gasteiger partial charge >= 0.3 is 0 Å². The Balaban J connectivity index is 1.76. The lowest BCUT2D eigenvalue weighted by atomic mass is 9.91. The maximum Gasteiger partial charge on any atom is 0.0672 e. The first-order valence-electron chi connectivity index (χ1n) is 6.52. The molecule has 2 aliphatic carbocycles. The first-order chi connectivity index (χ1) is 7.83. The number of nitriles is 1. The molecule has 16 heavy (non-hydrogen) atoms. The van der Waals surface area contributed by atoms with Gasteiger partial charge in [0.15, 0.2) is 0 Å². The maximum absolute atomic E-state index is 9.04. The molecule has 0 aromatic carbocycles. The molecule has 0 bridgehead atoms. The van der Waals surface area contributed by atoms with Gasteiger partial charge in [-0.3, -0.25) is 0 Å². The van der Waals surface area contributed by atoms with Crippen molar-refractivity contribution in [1.29, 1.82) is 5.26 Å². The molecule has 1 N–H and O–H groups in total. The highest BCUT2D eigenvalue weighted by Gasteiger charge is 2.30. The molecule has 0 saturated heterocycles. The lowest BCUT2D eigenvalue weighted by molar-refractivity contribution is 0.0608. The van der Waals surface area contributed by atoms with E-state index in [9.17, 15) is 0 Å². The molecule has 2 unspecified atom stereocenters. The number of rotatable bonds is 3. The van der Waals surface area contributed by atoms with E-state index in [0.29, 0.717) is 18.2 Å². The molecule has 0 amide bonds. The summed E-state index contributed by atoms with van der Waals surface area (Å²) in [4.78, 5) is 0. The largest absolute Gasteiger partial charge is 0.381 e. The normalized spacial score (nSPS) is 39.5. The summed E-state index contributed by atoms with van der Waals surface area (Å²) in [7, 11) is 1.81. The Kier molecular flexibility index (Phi) is 4.20. The van der Waals surface area contributed by atoms with Gasteiger partial charge in [0.05, 0.1) is 18.1 Å². The number of nitrogens with one attached hydrogen (secondary N) is 1. The highest BCUT2D eigenvalue weighted by Crippen LogP contribution is 2.28. The number of methoxy groups -OCH3 is 1. The topological polar surface area (TPSA) is 45.0 Å². The fourth-order valence-electron chi connectivity index (χ4n) is 3.08. The Bertz CT molecular complexity index is 253. The average molecular weight is 222 g/mol. The Labute approximate surface area is 98.2 Å². The van der Waals surface area contributed by atoms with Gasteiger partial charge in [-0.1, -0.05) is 6.42 Å². The summed E-state index contributed by atoms with van der Waals surface area (Å²) < 4.78 is 5.37.